The number of carbonyl (C=O) groups is 2. The van der Waals surface area contributed by atoms with Crippen molar-refractivity contribution in [1.29, 1.82) is 0 Å². The van der Waals surface area contributed by atoms with Crippen LogP contribution in [0.15, 0.2) is 4.79 Å². The number of halogens is 4. The minimum absolute atomic E-state index is 0.0433. The fraction of sp³-hybridized carbons (Fsp3) is 0.571. The molecule has 2 heterocycles. The number of carboxylic acids is 1. The zero-order chi connectivity index (χ0) is 20.4. The van der Waals surface area contributed by atoms with Gasteiger partial charge in [-0.3, -0.25) is 19.0 Å². The molecule has 1 atom stereocenters. The van der Waals surface area contributed by atoms with Gasteiger partial charge in [0, 0.05) is 13.1 Å². The molecule has 0 spiro atoms. The van der Waals surface area contributed by atoms with Gasteiger partial charge in [-0.15, -0.1) is 0 Å². The molecule has 0 aliphatic carbocycles. The summed E-state index contributed by atoms with van der Waals surface area (Å²) in [6.07, 6.45) is -5.03. The number of aromatic nitrogens is 2. The number of alkyl halides is 3. The van der Waals surface area contributed by atoms with Gasteiger partial charge in [-0.25, -0.2) is 4.98 Å². The maximum Gasteiger partial charge on any atom is 0.471 e. The lowest BCUT2D eigenvalue weighted by molar-refractivity contribution is -0.192. The number of amides is 1. The molecular weight excluding hydrogens is 397 g/mol. The third-order valence-electron chi connectivity index (χ3n) is 3.89. The molecule has 0 radical (unpaired) electrons. The predicted molar refractivity (Wildman–Crippen MR) is 86.7 cm³/mol. The van der Waals surface area contributed by atoms with E-state index in [0.29, 0.717) is 4.90 Å². The van der Waals surface area contributed by atoms with Crippen molar-refractivity contribution in [3.05, 3.63) is 21.2 Å². The third-order valence-corrected chi connectivity index (χ3v) is 4.25. The first-order chi connectivity index (χ1) is 12.5. The SMILES string of the molecule is Cc1c(Cl)nc(NC[C@@H]2COCCN2C(=O)C(F)(F)F)c(=O)n1CC(=O)O. The first-order valence-corrected chi connectivity index (χ1v) is 8.08. The number of ether oxygens (including phenoxy) is 1. The Hall–Kier alpha value is -2.34. The predicted octanol–water partition coefficient (Wildman–Crippen LogP) is 0.491. The van der Waals surface area contributed by atoms with Crippen molar-refractivity contribution in [2.75, 3.05) is 31.6 Å². The smallest absolute Gasteiger partial charge is 0.471 e. The summed E-state index contributed by atoms with van der Waals surface area (Å²) in [5.74, 6) is -3.62. The largest absolute Gasteiger partial charge is 0.480 e. The molecular formula is C14H16ClF3N4O5. The minimum atomic E-state index is -5.03. The van der Waals surface area contributed by atoms with E-state index in [1.807, 2.05) is 0 Å². The van der Waals surface area contributed by atoms with Gasteiger partial charge in [-0.1, -0.05) is 11.6 Å². The van der Waals surface area contributed by atoms with Crippen molar-refractivity contribution in [3.63, 3.8) is 0 Å². The number of hydrogen-bond donors (Lipinski definition) is 2. The van der Waals surface area contributed by atoms with Gasteiger partial charge >= 0.3 is 18.1 Å². The Bertz CT molecular complexity index is 798. The quantitative estimate of drug-likeness (QED) is 0.723. The zero-order valence-electron chi connectivity index (χ0n) is 14.0. The van der Waals surface area contributed by atoms with Crippen LogP contribution < -0.4 is 10.9 Å². The molecule has 2 rings (SSSR count). The van der Waals surface area contributed by atoms with Crippen molar-refractivity contribution in [2.45, 2.75) is 25.7 Å². The molecule has 9 nitrogen and oxygen atoms in total. The molecule has 2 N–H and O–H groups in total. The number of rotatable bonds is 5. The minimum Gasteiger partial charge on any atom is -0.480 e. The van der Waals surface area contributed by atoms with Gasteiger partial charge in [0.2, 0.25) is 0 Å². The highest BCUT2D eigenvalue weighted by molar-refractivity contribution is 6.30. The van der Waals surface area contributed by atoms with Crippen molar-refractivity contribution in [3.8, 4) is 0 Å². The lowest BCUT2D eigenvalue weighted by Gasteiger charge is -2.36. The van der Waals surface area contributed by atoms with Crippen molar-refractivity contribution >= 4 is 29.3 Å². The number of morpholine rings is 1. The van der Waals surface area contributed by atoms with Gasteiger partial charge < -0.3 is 20.1 Å². The summed E-state index contributed by atoms with van der Waals surface area (Å²) in [6, 6.07) is -0.998. The molecule has 1 saturated heterocycles. The molecule has 0 unspecified atom stereocenters. The molecule has 0 saturated carbocycles. The molecule has 1 aromatic rings. The van der Waals surface area contributed by atoms with Crippen LogP contribution in [0.25, 0.3) is 0 Å². The second-order valence-corrected chi connectivity index (χ2v) is 6.09. The Balaban J connectivity index is 2.22. The second-order valence-electron chi connectivity index (χ2n) is 5.73. The summed E-state index contributed by atoms with van der Waals surface area (Å²) in [5, 5.41) is 11.3. The van der Waals surface area contributed by atoms with Crippen molar-refractivity contribution in [2.24, 2.45) is 0 Å². The molecule has 0 aromatic carbocycles. The Morgan fingerprint density at radius 1 is 1.44 bits per heavy atom. The molecule has 13 heteroatoms. The molecule has 1 aliphatic rings. The van der Waals surface area contributed by atoms with Gasteiger partial charge in [-0.2, -0.15) is 13.2 Å². The first-order valence-electron chi connectivity index (χ1n) is 7.70. The maximum absolute atomic E-state index is 12.7. The molecule has 1 aliphatic heterocycles. The standard InChI is InChI=1S/C14H16ClF3N4O5/c1-7-10(15)20-11(12(25)22(7)5-9(23)24)19-4-8-6-27-3-2-21(8)13(26)14(16,17)18/h8H,2-6H2,1H3,(H,19,20)(H,23,24)/t8-/m1/s1. The lowest BCUT2D eigenvalue weighted by atomic mass is 10.2. The van der Waals surface area contributed by atoms with Crippen LogP contribution in [0.2, 0.25) is 5.15 Å². The van der Waals surface area contributed by atoms with Crippen LogP contribution in [0.3, 0.4) is 0 Å². The highest BCUT2D eigenvalue weighted by Crippen LogP contribution is 2.22. The third kappa shape index (κ3) is 4.89. The van der Waals surface area contributed by atoms with Gasteiger partial charge in [0.25, 0.3) is 5.56 Å². The number of carboxylic acid groups (broad SMARTS) is 1. The number of carbonyl (C=O) groups excluding carboxylic acids is 1. The summed E-state index contributed by atoms with van der Waals surface area (Å²) in [5.41, 5.74) is -0.672. The van der Waals surface area contributed by atoms with Gasteiger partial charge in [0.15, 0.2) is 11.0 Å². The Morgan fingerprint density at radius 2 is 2.11 bits per heavy atom. The van der Waals surface area contributed by atoms with Crippen molar-refractivity contribution < 1.29 is 32.6 Å². The fourth-order valence-electron chi connectivity index (χ4n) is 2.53. The van der Waals surface area contributed by atoms with E-state index in [-0.39, 0.29) is 43.0 Å². The molecule has 27 heavy (non-hydrogen) atoms. The fourth-order valence-corrected chi connectivity index (χ4v) is 2.71. The Morgan fingerprint density at radius 3 is 2.70 bits per heavy atom. The summed E-state index contributed by atoms with van der Waals surface area (Å²) >= 11 is 5.89. The molecule has 1 amide bonds. The molecule has 150 valence electrons. The highest BCUT2D eigenvalue weighted by Gasteiger charge is 2.45. The highest BCUT2D eigenvalue weighted by atomic mass is 35.5. The van der Waals surface area contributed by atoms with Crippen LogP contribution >= 0.6 is 11.6 Å². The summed E-state index contributed by atoms with van der Waals surface area (Å²) in [4.78, 5) is 39.2. The topological polar surface area (TPSA) is 114 Å². The molecule has 1 fully saturated rings. The van der Waals surface area contributed by atoms with Gasteiger partial charge in [-0.05, 0) is 6.92 Å². The van der Waals surface area contributed by atoms with E-state index in [9.17, 15) is 27.6 Å². The average molecular weight is 413 g/mol. The number of nitrogens with zero attached hydrogens (tertiary/aromatic N) is 3. The van der Waals surface area contributed by atoms with E-state index in [4.69, 9.17) is 21.4 Å². The van der Waals surface area contributed by atoms with E-state index < -0.39 is 36.2 Å². The summed E-state index contributed by atoms with van der Waals surface area (Å²) < 4.78 is 44.1. The number of aliphatic carboxylic acids is 1. The summed E-state index contributed by atoms with van der Waals surface area (Å²) in [7, 11) is 0. The van der Waals surface area contributed by atoms with Crippen LogP contribution in [0.5, 0.6) is 0 Å². The Kier molecular flexibility index (Phi) is 6.31. The van der Waals surface area contributed by atoms with E-state index in [1.54, 1.807) is 0 Å². The van der Waals surface area contributed by atoms with Crippen molar-refractivity contribution in [1.82, 2.24) is 14.5 Å². The van der Waals surface area contributed by atoms with E-state index in [0.717, 1.165) is 4.57 Å². The van der Waals surface area contributed by atoms with Gasteiger partial charge in [0.05, 0.1) is 24.9 Å². The van der Waals surface area contributed by atoms with E-state index >= 15 is 0 Å². The maximum atomic E-state index is 12.7. The van der Waals surface area contributed by atoms with Crippen LogP contribution in [-0.2, 0) is 20.9 Å². The summed E-state index contributed by atoms with van der Waals surface area (Å²) in [6.45, 7) is 0.0115. The van der Waals surface area contributed by atoms with Gasteiger partial charge in [0.1, 0.15) is 6.54 Å². The zero-order valence-corrected chi connectivity index (χ0v) is 14.8. The average Bonchev–Trinajstić information content (AvgIpc) is 2.59. The van der Waals surface area contributed by atoms with Crippen LogP contribution in [0, 0.1) is 6.92 Å². The number of anilines is 1. The molecule has 0 bridgehead atoms. The lowest BCUT2D eigenvalue weighted by Crippen LogP contribution is -2.55. The van der Waals surface area contributed by atoms with Crippen LogP contribution in [0.4, 0.5) is 19.0 Å². The monoisotopic (exact) mass is 412 g/mol. The van der Waals surface area contributed by atoms with Crippen LogP contribution in [0.1, 0.15) is 5.69 Å². The number of hydrogen-bond acceptors (Lipinski definition) is 6. The molecule has 1 aromatic heterocycles. The normalized spacial score (nSPS) is 17.7. The van der Waals surface area contributed by atoms with Crippen LogP contribution in [-0.4, -0.2) is 70.0 Å². The number of nitrogens with one attached hydrogen (secondary N) is 1. The van der Waals surface area contributed by atoms with E-state index in [2.05, 4.69) is 10.3 Å². The second kappa shape index (κ2) is 8.13. The first kappa shape index (κ1) is 21.0. The Labute approximate surface area is 155 Å². The van der Waals surface area contributed by atoms with E-state index in [1.165, 1.54) is 6.92 Å².